The lowest BCUT2D eigenvalue weighted by molar-refractivity contribution is -0.123. The molecule has 116 valence electrons. The van der Waals surface area contributed by atoms with E-state index in [2.05, 4.69) is 10.9 Å². The summed E-state index contributed by atoms with van der Waals surface area (Å²) in [6, 6.07) is 5.91. The van der Waals surface area contributed by atoms with Crippen molar-refractivity contribution < 1.29 is 19.5 Å². The summed E-state index contributed by atoms with van der Waals surface area (Å²) >= 11 is 0. The summed E-state index contributed by atoms with van der Waals surface area (Å²) in [4.78, 5) is 35.2. The summed E-state index contributed by atoms with van der Waals surface area (Å²) in [6.07, 6.45) is 4.50. The van der Waals surface area contributed by atoms with Crippen molar-refractivity contribution in [3.8, 4) is 0 Å². The minimum Gasteiger partial charge on any atom is -0.478 e. The second kappa shape index (κ2) is 5.79. The third-order valence-corrected chi connectivity index (χ3v) is 4.66. The highest BCUT2D eigenvalue weighted by Gasteiger charge is 2.54. The number of fused-ring (bicyclic) bond motifs is 1. The lowest BCUT2D eigenvalue weighted by atomic mass is 10.0. The van der Waals surface area contributed by atoms with Gasteiger partial charge in [0.1, 0.15) is 0 Å². The number of hydrogen-bond donors (Lipinski definition) is 3. The molecule has 0 bridgehead atoms. The normalized spacial score (nSPS) is 25.7. The standard InChI is InChI=1S/C16H18N2O4/c19-14(11-7-3-4-8-12(11)16(21)22)17-18-15(20)13-9-5-1-2-6-10(9)13/h3-4,7-10,13H,1-2,5-6H2,(H,17,19)(H,18,20)(H,21,22)/t9-,10-/m1/s1. The predicted octanol–water partition coefficient (Wildman–Crippen LogP) is 1.58. The van der Waals surface area contributed by atoms with Gasteiger partial charge in [0.05, 0.1) is 11.1 Å². The lowest BCUT2D eigenvalue weighted by Gasteiger charge is -2.09. The largest absolute Gasteiger partial charge is 0.478 e. The quantitative estimate of drug-likeness (QED) is 0.739. The van der Waals surface area contributed by atoms with E-state index >= 15 is 0 Å². The second-order valence-electron chi connectivity index (χ2n) is 5.93. The van der Waals surface area contributed by atoms with Crippen LogP contribution in [0.25, 0.3) is 0 Å². The molecule has 1 aromatic rings. The summed E-state index contributed by atoms with van der Waals surface area (Å²) in [5.74, 6) is -1.05. The van der Waals surface area contributed by atoms with Crippen molar-refractivity contribution in [1.82, 2.24) is 10.9 Å². The molecule has 6 heteroatoms. The van der Waals surface area contributed by atoms with Gasteiger partial charge in [0.25, 0.3) is 5.91 Å². The molecule has 3 N–H and O–H groups in total. The number of rotatable bonds is 3. The van der Waals surface area contributed by atoms with Gasteiger partial charge in [-0.15, -0.1) is 0 Å². The molecule has 2 atom stereocenters. The molecule has 0 aliphatic heterocycles. The molecule has 6 nitrogen and oxygen atoms in total. The minimum atomic E-state index is -1.18. The fourth-order valence-corrected chi connectivity index (χ4v) is 3.52. The summed E-state index contributed by atoms with van der Waals surface area (Å²) in [5.41, 5.74) is 4.70. The number of aromatic carboxylic acids is 1. The number of amides is 2. The van der Waals surface area contributed by atoms with Crippen LogP contribution in [0.4, 0.5) is 0 Å². The Labute approximate surface area is 127 Å². The van der Waals surface area contributed by atoms with Crippen molar-refractivity contribution in [3.05, 3.63) is 35.4 Å². The van der Waals surface area contributed by atoms with E-state index in [9.17, 15) is 14.4 Å². The van der Waals surface area contributed by atoms with Gasteiger partial charge in [0.2, 0.25) is 5.91 Å². The van der Waals surface area contributed by atoms with Crippen LogP contribution < -0.4 is 10.9 Å². The van der Waals surface area contributed by atoms with Gasteiger partial charge in [-0.25, -0.2) is 4.79 Å². The fraction of sp³-hybridized carbons (Fsp3) is 0.438. The number of carboxylic acid groups (broad SMARTS) is 1. The molecule has 0 spiro atoms. The number of carboxylic acids is 1. The van der Waals surface area contributed by atoms with Crippen molar-refractivity contribution in [1.29, 1.82) is 0 Å². The van der Waals surface area contributed by atoms with Gasteiger partial charge in [-0.2, -0.15) is 0 Å². The maximum absolute atomic E-state index is 12.1. The zero-order valence-corrected chi connectivity index (χ0v) is 12.0. The van der Waals surface area contributed by atoms with Gasteiger partial charge in [-0.1, -0.05) is 25.0 Å². The summed E-state index contributed by atoms with van der Waals surface area (Å²) in [7, 11) is 0. The maximum atomic E-state index is 12.1. The monoisotopic (exact) mass is 302 g/mol. The molecule has 2 aliphatic carbocycles. The van der Waals surface area contributed by atoms with Gasteiger partial charge in [-0.05, 0) is 36.8 Å². The van der Waals surface area contributed by atoms with E-state index in [1.165, 1.54) is 25.0 Å². The van der Waals surface area contributed by atoms with Gasteiger partial charge in [-0.3, -0.25) is 20.4 Å². The molecule has 0 unspecified atom stereocenters. The van der Waals surface area contributed by atoms with E-state index in [1.807, 2.05) is 0 Å². The molecule has 1 aromatic carbocycles. The van der Waals surface area contributed by atoms with Crippen LogP contribution >= 0.6 is 0 Å². The highest BCUT2D eigenvalue weighted by Crippen LogP contribution is 2.55. The molecule has 2 saturated carbocycles. The Morgan fingerprint density at radius 2 is 1.55 bits per heavy atom. The first-order valence-electron chi connectivity index (χ1n) is 7.52. The van der Waals surface area contributed by atoms with E-state index in [-0.39, 0.29) is 23.0 Å². The third kappa shape index (κ3) is 2.68. The Balaban J connectivity index is 1.59. The first-order chi connectivity index (χ1) is 10.6. The van der Waals surface area contributed by atoms with E-state index in [1.54, 1.807) is 12.1 Å². The Morgan fingerprint density at radius 3 is 2.14 bits per heavy atom. The molecular weight excluding hydrogens is 284 g/mol. The number of hydrogen-bond acceptors (Lipinski definition) is 3. The maximum Gasteiger partial charge on any atom is 0.336 e. The van der Waals surface area contributed by atoms with E-state index in [4.69, 9.17) is 5.11 Å². The smallest absolute Gasteiger partial charge is 0.336 e. The number of hydrazine groups is 1. The van der Waals surface area contributed by atoms with E-state index < -0.39 is 11.9 Å². The molecule has 2 amide bonds. The van der Waals surface area contributed by atoms with Gasteiger partial charge < -0.3 is 5.11 Å². The Kier molecular flexibility index (Phi) is 3.83. The number of nitrogens with one attached hydrogen (secondary N) is 2. The van der Waals surface area contributed by atoms with Crippen molar-refractivity contribution >= 4 is 17.8 Å². The zero-order chi connectivity index (χ0) is 15.7. The molecule has 0 radical (unpaired) electrons. The minimum absolute atomic E-state index is 0.00230. The van der Waals surface area contributed by atoms with Crippen LogP contribution in [0.1, 0.15) is 46.4 Å². The van der Waals surface area contributed by atoms with Gasteiger partial charge >= 0.3 is 5.97 Å². The number of benzene rings is 1. The molecule has 0 aromatic heterocycles. The highest BCUT2D eigenvalue weighted by molar-refractivity contribution is 6.05. The topological polar surface area (TPSA) is 95.5 Å². The van der Waals surface area contributed by atoms with E-state index in [0.717, 1.165) is 12.8 Å². The lowest BCUT2D eigenvalue weighted by Crippen LogP contribution is -2.43. The fourth-order valence-electron chi connectivity index (χ4n) is 3.52. The molecule has 0 saturated heterocycles. The average molecular weight is 302 g/mol. The van der Waals surface area contributed by atoms with Crippen LogP contribution in [0.15, 0.2) is 24.3 Å². The first kappa shape index (κ1) is 14.6. The molecule has 2 fully saturated rings. The number of carbonyl (C=O) groups excluding carboxylic acids is 2. The van der Waals surface area contributed by atoms with Crippen molar-refractivity contribution in [2.45, 2.75) is 25.7 Å². The van der Waals surface area contributed by atoms with Gasteiger partial charge in [0, 0.05) is 5.92 Å². The van der Waals surface area contributed by atoms with Crippen molar-refractivity contribution in [2.75, 3.05) is 0 Å². The molecule has 3 rings (SSSR count). The van der Waals surface area contributed by atoms with Crippen molar-refractivity contribution in [2.24, 2.45) is 17.8 Å². The first-order valence-corrected chi connectivity index (χ1v) is 7.52. The summed E-state index contributed by atoms with van der Waals surface area (Å²) in [5, 5.41) is 9.06. The van der Waals surface area contributed by atoms with Crippen LogP contribution in [0.3, 0.4) is 0 Å². The highest BCUT2D eigenvalue weighted by atomic mass is 16.4. The average Bonchev–Trinajstić information content (AvgIpc) is 3.26. The molecular formula is C16H18N2O4. The molecule has 0 heterocycles. The van der Waals surface area contributed by atoms with Crippen molar-refractivity contribution in [3.63, 3.8) is 0 Å². The van der Waals surface area contributed by atoms with Crippen LogP contribution in [-0.4, -0.2) is 22.9 Å². The Bertz CT molecular complexity index is 616. The van der Waals surface area contributed by atoms with Crippen LogP contribution in [0, 0.1) is 17.8 Å². The van der Waals surface area contributed by atoms with Crippen LogP contribution in [0.5, 0.6) is 0 Å². The second-order valence-corrected chi connectivity index (χ2v) is 5.93. The number of carbonyl (C=O) groups is 3. The Morgan fingerprint density at radius 1 is 0.955 bits per heavy atom. The summed E-state index contributed by atoms with van der Waals surface area (Å²) < 4.78 is 0. The third-order valence-electron chi connectivity index (χ3n) is 4.66. The molecule has 2 aliphatic rings. The predicted molar refractivity (Wildman–Crippen MR) is 77.9 cm³/mol. The van der Waals surface area contributed by atoms with Crippen LogP contribution in [0.2, 0.25) is 0 Å². The zero-order valence-electron chi connectivity index (χ0n) is 12.0. The van der Waals surface area contributed by atoms with E-state index in [0.29, 0.717) is 11.8 Å². The Hall–Kier alpha value is -2.37. The van der Waals surface area contributed by atoms with Gasteiger partial charge in [0.15, 0.2) is 0 Å². The SMILES string of the molecule is O=C(O)c1ccccc1C(=O)NNC(=O)C1[C@@H]2CCCC[C@@H]12. The van der Waals surface area contributed by atoms with Crippen LogP contribution in [-0.2, 0) is 4.79 Å². The summed E-state index contributed by atoms with van der Waals surface area (Å²) in [6.45, 7) is 0. The molecule has 22 heavy (non-hydrogen) atoms.